The SMILES string of the molecule is CCCCC/C=N/C=N/CCCCC. The molecule has 0 aromatic rings. The maximum Gasteiger partial charge on any atom is 0.109 e. The Morgan fingerprint density at radius 1 is 0.929 bits per heavy atom. The molecule has 0 unspecified atom stereocenters. The van der Waals surface area contributed by atoms with Crippen molar-refractivity contribution in [3.8, 4) is 0 Å². The zero-order valence-electron chi connectivity index (χ0n) is 9.71. The Balaban J connectivity index is 3.15. The first kappa shape index (κ1) is 13.3. The molecule has 0 atom stereocenters. The standard InChI is InChI=1S/C12H24N2/c1-3-5-7-9-11-14-12-13-10-8-6-4-2/h11-12H,3-10H2,1-2H3/b13-12+,14-11+. The molecule has 0 aliphatic rings. The number of rotatable bonds is 9. The molecule has 0 amide bonds. The van der Waals surface area contributed by atoms with Gasteiger partial charge in [-0.05, 0) is 19.3 Å². The van der Waals surface area contributed by atoms with Gasteiger partial charge in [0.2, 0.25) is 0 Å². The largest absolute Gasteiger partial charge is 0.274 e. The Hall–Kier alpha value is -0.660. The van der Waals surface area contributed by atoms with E-state index < -0.39 is 0 Å². The highest BCUT2D eigenvalue weighted by Gasteiger charge is 1.82. The molecule has 0 aromatic heterocycles. The minimum absolute atomic E-state index is 0.931. The van der Waals surface area contributed by atoms with Crippen molar-refractivity contribution in [2.45, 2.75) is 58.8 Å². The topological polar surface area (TPSA) is 24.7 Å². The van der Waals surface area contributed by atoms with Gasteiger partial charge in [-0.3, -0.25) is 4.99 Å². The first-order valence-corrected chi connectivity index (χ1v) is 5.91. The molecule has 0 aliphatic heterocycles. The predicted molar refractivity (Wildman–Crippen MR) is 65.5 cm³/mol. The second-order valence-electron chi connectivity index (χ2n) is 3.56. The Bertz CT molecular complexity index is 132. The fourth-order valence-electron chi connectivity index (χ4n) is 1.17. The van der Waals surface area contributed by atoms with Crippen molar-refractivity contribution >= 4 is 12.6 Å². The van der Waals surface area contributed by atoms with E-state index in [0.717, 1.165) is 13.0 Å². The lowest BCUT2D eigenvalue weighted by Crippen LogP contribution is -1.82. The normalized spacial score (nSPS) is 11.9. The maximum absolute atomic E-state index is 4.20. The van der Waals surface area contributed by atoms with Crippen LogP contribution in [0, 0.1) is 0 Å². The third-order valence-electron chi connectivity index (χ3n) is 2.08. The van der Waals surface area contributed by atoms with Gasteiger partial charge in [0.1, 0.15) is 6.34 Å². The van der Waals surface area contributed by atoms with E-state index >= 15 is 0 Å². The molecule has 0 radical (unpaired) electrons. The molecule has 82 valence electrons. The van der Waals surface area contributed by atoms with Gasteiger partial charge in [0, 0.05) is 12.8 Å². The van der Waals surface area contributed by atoms with Crippen molar-refractivity contribution in [2.75, 3.05) is 6.54 Å². The molecule has 14 heavy (non-hydrogen) atoms. The Labute approximate surface area is 88.5 Å². The molecule has 0 aromatic carbocycles. The van der Waals surface area contributed by atoms with Crippen LogP contribution < -0.4 is 0 Å². The van der Waals surface area contributed by atoms with Crippen molar-refractivity contribution in [3.05, 3.63) is 0 Å². The molecule has 0 bridgehead atoms. The minimum atomic E-state index is 0.931. The summed E-state index contributed by atoms with van der Waals surface area (Å²) in [5.41, 5.74) is 0. The number of aliphatic imine (C=N–C) groups is 2. The summed E-state index contributed by atoms with van der Waals surface area (Å²) in [6, 6.07) is 0. The summed E-state index contributed by atoms with van der Waals surface area (Å²) in [5, 5.41) is 0. The van der Waals surface area contributed by atoms with E-state index in [-0.39, 0.29) is 0 Å². The van der Waals surface area contributed by atoms with Crippen molar-refractivity contribution < 1.29 is 0 Å². The molecule has 0 aliphatic carbocycles. The first-order valence-electron chi connectivity index (χ1n) is 5.91. The lowest BCUT2D eigenvalue weighted by atomic mass is 10.2. The van der Waals surface area contributed by atoms with Crippen LogP contribution in [0.5, 0.6) is 0 Å². The third-order valence-corrected chi connectivity index (χ3v) is 2.08. The lowest BCUT2D eigenvalue weighted by molar-refractivity contribution is 0.729. The first-order chi connectivity index (χ1) is 6.91. The maximum atomic E-state index is 4.20. The van der Waals surface area contributed by atoms with Gasteiger partial charge in [0.25, 0.3) is 0 Å². The molecule has 0 spiro atoms. The van der Waals surface area contributed by atoms with Crippen LogP contribution >= 0.6 is 0 Å². The zero-order valence-corrected chi connectivity index (χ0v) is 9.71. The highest BCUT2D eigenvalue weighted by Crippen LogP contribution is 1.96. The van der Waals surface area contributed by atoms with E-state index in [1.165, 1.54) is 38.5 Å². The van der Waals surface area contributed by atoms with Crippen LogP contribution in [0.2, 0.25) is 0 Å². The van der Waals surface area contributed by atoms with E-state index in [9.17, 15) is 0 Å². The highest BCUT2D eigenvalue weighted by atomic mass is 14.8. The van der Waals surface area contributed by atoms with Gasteiger partial charge in [-0.25, -0.2) is 4.99 Å². The van der Waals surface area contributed by atoms with Crippen molar-refractivity contribution in [2.24, 2.45) is 9.98 Å². The Morgan fingerprint density at radius 2 is 1.64 bits per heavy atom. The van der Waals surface area contributed by atoms with Crippen LogP contribution in [0.25, 0.3) is 0 Å². The van der Waals surface area contributed by atoms with Gasteiger partial charge in [0.05, 0.1) is 0 Å². The van der Waals surface area contributed by atoms with Gasteiger partial charge >= 0.3 is 0 Å². The predicted octanol–water partition coefficient (Wildman–Crippen LogP) is 3.86. The molecule has 2 heteroatoms. The fourth-order valence-corrected chi connectivity index (χ4v) is 1.17. The highest BCUT2D eigenvalue weighted by molar-refractivity contribution is 5.71. The molecule has 0 saturated heterocycles. The quantitative estimate of drug-likeness (QED) is 0.304. The monoisotopic (exact) mass is 196 g/mol. The molecule has 0 heterocycles. The molecular formula is C12H24N2. The van der Waals surface area contributed by atoms with Gasteiger partial charge in [-0.2, -0.15) is 0 Å². The van der Waals surface area contributed by atoms with Crippen LogP contribution in [0.15, 0.2) is 9.98 Å². The van der Waals surface area contributed by atoms with E-state index in [1.807, 2.05) is 6.21 Å². The van der Waals surface area contributed by atoms with Crippen LogP contribution in [-0.4, -0.2) is 19.1 Å². The second kappa shape index (κ2) is 12.3. The average molecular weight is 196 g/mol. The smallest absolute Gasteiger partial charge is 0.109 e. The van der Waals surface area contributed by atoms with Crippen LogP contribution in [-0.2, 0) is 0 Å². The van der Waals surface area contributed by atoms with Crippen LogP contribution in [0.4, 0.5) is 0 Å². The van der Waals surface area contributed by atoms with E-state index in [0.29, 0.717) is 0 Å². The molecule has 2 nitrogen and oxygen atoms in total. The van der Waals surface area contributed by atoms with Gasteiger partial charge in [-0.1, -0.05) is 39.5 Å². The number of unbranched alkanes of at least 4 members (excludes halogenated alkanes) is 5. The van der Waals surface area contributed by atoms with Gasteiger partial charge in [-0.15, -0.1) is 0 Å². The Morgan fingerprint density at radius 3 is 2.36 bits per heavy atom. The molecule has 0 fully saturated rings. The van der Waals surface area contributed by atoms with Crippen LogP contribution in [0.1, 0.15) is 58.8 Å². The van der Waals surface area contributed by atoms with Crippen molar-refractivity contribution in [3.63, 3.8) is 0 Å². The Kier molecular flexibility index (Phi) is 11.8. The molecule has 0 saturated carbocycles. The van der Waals surface area contributed by atoms with Gasteiger partial charge in [0.15, 0.2) is 0 Å². The molecular weight excluding hydrogens is 172 g/mol. The molecule has 0 N–H and O–H groups in total. The van der Waals surface area contributed by atoms with E-state index in [1.54, 1.807) is 6.34 Å². The summed E-state index contributed by atoms with van der Waals surface area (Å²) >= 11 is 0. The second-order valence-corrected chi connectivity index (χ2v) is 3.56. The summed E-state index contributed by atoms with van der Waals surface area (Å²) in [4.78, 5) is 8.33. The minimum Gasteiger partial charge on any atom is -0.274 e. The third kappa shape index (κ3) is 11.3. The average Bonchev–Trinajstić information content (AvgIpc) is 2.21. The summed E-state index contributed by atoms with van der Waals surface area (Å²) in [5.74, 6) is 0. The van der Waals surface area contributed by atoms with E-state index in [2.05, 4.69) is 23.8 Å². The van der Waals surface area contributed by atoms with E-state index in [4.69, 9.17) is 0 Å². The molecule has 0 rings (SSSR count). The van der Waals surface area contributed by atoms with Gasteiger partial charge < -0.3 is 0 Å². The number of hydrogen-bond donors (Lipinski definition) is 0. The lowest BCUT2D eigenvalue weighted by Gasteiger charge is -1.91. The summed E-state index contributed by atoms with van der Waals surface area (Å²) < 4.78 is 0. The fraction of sp³-hybridized carbons (Fsp3) is 0.833. The zero-order chi connectivity index (χ0) is 10.5. The summed E-state index contributed by atoms with van der Waals surface area (Å²) in [6.45, 7) is 5.35. The number of hydrogen-bond acceptors (Lipinski definition) is 1. The summed E-state index contributed by atoms with van der Waals surface area (Å²) in [6.07, 6.45) is 12.3. The van der Waals surface area contributed by atoms with Crippen molar-refractivity contribution in [1.29, 1.82) is 0 Å². The summed E-state index contributed by atoms with van der Waals surface area (Å²) in [7, 11) is 0. The van der Waals surface area contributed by atoms with Crippen molar-refractivity contribution in [1.82, 2.24) is 0 Å². The number of nitrogens with zero attached hydrogens (tertiary/aromatic N) is 2. The van der Waals surface area contributed by atoms with Crippen LogP contribution in [0.3, 0.4) is 0 Å².